The standard InChI is InChI=1S/C17H12N2S/c18-11-12-5-8-17(16(19)9-12)20-15-7-6-13-3-1-2-4-14(13)10-15/h1-10H,19H2. The Morgan fingerprint density at radius 2 is 1.70 bits per heavy atom. The molecule has 96 valence electrons. The summed E-state index contributed by atoms with van der Waals surface area (Å²) >= 11 is 1.61. The Hall–Kier alpha value is -2.44. The van der Waals surface area contributed by atoms with Gasteiger partial charge in [0.25, 0.3) is 0 Å². The van der Waals surface area contributed by atoms with Gasteiger partial charge in [-0.05, 0) is 41.1 Å². The van der Waals surface area contributed by atoms with Gasteiger partial charge in [-0.1, -0.05) is 42.1 Å². The molecule has 3 rings (SSSR count). The molecule has 0 amide bonds. The van der Waals surface area contributed by atoms with E-state index in [-0.39, 0.29) is 0 Å². The molecule has 3 heteroatoms. The number of nitrogens with zero attached hydrogens (tertiary/aromatic N) is 1. The van der Waals surface area contributed by atoms with Gasteiger partial charge in [-0.25, -0.2) is 0 Å². The first-order valence-corrected chi connectivity index (χ1v) is 7.04. The molecule has 0 spiro atoms. The average molecular weight is 276 g/mol. The highest BCUT2D eigenvalue weighted by Crippen LogP contribution is 2.34. The molecule has 0 radical (unpaired) electrons. The van der Waals surface area contributed by atoms with Gasteiger partial charge in [0.15, 0.2) is 0 Å². The van der Waals surface area contributed by atoms with Gasteiger partial charge >= 0.3 is 0 Å². The highest BCUT2D eigenvalue weighted by Gasteiger charge is 2.04. The summed E-state index contributed by atoms with van der Waals surface area (Å²) in [5.74, 6) is 0. The molecular formula is C17H12N2S. The van der Waals surface area contributed by atoms with Crippen LogP contribution in [-0.2, 0) is 0 Å². The van der Waals surface area contributed by atoms with Crippen LogP contribution in [-0.4, -0.2) is 0 Å². The molecule has 0 bridgehead atoms. The number of anilines is 1. The van der Waals surface area contributed by atoms with E-state index in [1.807, 2.05) is 18.2 Å². The van der Waals surface area contributed by atoms with E-state index >= 15 is 0 Å². The van der Waals surface area contributed by atoms with Crippen LogP contribution < -0.4 is 5.73 Å². The first-order valence-electron chi connectivity index (χ1n) is 6.22. The van der Waals surface area contributed by atoms with Crippen LogP contribution in [0.4, 0.5) is 5.69 Å². The van der Waals surface area contributed by atoms with Gasteiger partial charge in [0.1, 0.15) is 0 Å². The maximum atomic E-state index is 8.85. The second-order valence-electron chi connectivity index (χ2n) is 4.48. The summed E-state index contributed by atoms with van der Waals surface area (Å²) in [6, 6.07) is 22.1. The number of hydrogen-bond acceptors (Lipinski definition) is 3. The van der Waals surface area contributed by atoms with Gasteiger partial charge in [0.2, 0.25) is 0 Å². The largest absolute Gasteiger partial charge is 0.398 e. The molecule has 3 aromatic rings. The zero-order valence-corrected chi connectivity index (χ0v) is 11.5. The first kappa shape index (κ1) is 12.6. The van der Waals surface area contributed by atoms with Crippen LogP contribution in [0.15, 0.2) is 70.5 Å². The topological polar surface area (TPSA) is 49.8 Å². The number of nitriles is 1. The van der Waals surface area contributed by atoms with E-state index in [0.29, 0.717) is 11.3 Å². The van der Waals surface area contributed by atoms with E-state index in [2.05, 4.69) is 36.4 Å². The van der Waals surface area contributed by atoms with Crippen LogP contribution >= 0.6 is 11.8 Å². The van der Waals surface area contributed by atoms with E-state index < -0.39 is 0 Å². The van der Waals surface area contributed by atoms with Gasteiger partial charge in [-0.15, -0.1) is 0 Å². The maximum absolute atomic E-state index is 8.85. The van der Waals surface area contributed by atoms with E-state index in [1.165, 1.54) is 10.8 Å². The monoisotopic (exact) mass is 276 g/mol. The highest BCUT2D eigenvalue weighted by atomic mass is 32.2. The van der Waals surface area contributed by atoms with Gasteiger partial charge in [0.05, 0.1) is 11.6 Å². The SMILES string of the molecule is N#Cc1ccc(Sc2ccc3ccccc3c2)c(N)c1. The molecule has 0 atom stereocenters. The van der Waals surface area contributed by atoms with Crippen molar-refractivity contribution in [1.82, 2.24) is 0 Å². The number of nitrogen functional groups attached to an aromatic ring is 1. The van der Waals surface area contributed by atoms with Crippen LogP contribution in [0, 0.1) is 11.3 Å². The predicted octanol–water partition coefficient (Wildman–Crippen LogP) is 4.44. The summed E-state index contributed by atoms with van der Waals surface area (Å²) in [7, 11) is 0. The molecule has 0 aliphatic rings. The van der Waals surface area contributed by atoms with Crippen molar-refractivity contribution in [1.29, 1.82) is 5.26 Å². The summed E-state index contributed by atoms with van der Waals surface area (Å²) < 4.78 is 0. The number of rotatable bonds is 2. The van der Waals surface area contributed by atoms with E-state index in [9.17, 15) is 0 Å². The van der Waals surface area contributed by atoms with E-state index in [1.54, 1.807) is 23.9 Å². The summed E-state index contributed by atoms with van der Waals surface area (Å²) in [5.41, 5.74) is 7.21. The zero-order valence-electron chi connectivity index (χ0n) is 10.7. The van der Waals surface area contributed by atoms with Crippen molar-refractivity contribution in [3.63, 3.8) is 0 Å². The maximum Gasteiger partial charge on any atom is 0.0992 e. The van der Waals surface area contributed by atoms with Crippen LogP contribution in [0.1, 0.15) is 5.56 Å². The van der Waals surface area contributed by atoms with Crippen molar-refractivity contribution in [2.45, 2.75) is 9.79 Å². The Morgan fingerprint density at radius 1 is 0.900 bits per heavy atom. The minimum absolute atomic E-state index is 0.588. The minimum Gasteiger partial charge on any atom is -0.398 e. The Bertz CT molecular complexity index is 819. The second-order valence-corrected chi connectivity index (χ2v) is 5.59. The molecule has 3 aromatic carbocycles. The number of hydrogen-bond donors (Lipinski definition) is 1. The third kappa shape index (κ3) is 2.47. The molecule has 0 fully saturated rings. The van der Waals surface area contributed by atoms with Crippen LogP contribution in [0.3, 0.4) is 0 Å². The molecule has 2 N–H and O–H groups in total. The Morgan fingerprint density at radius 3 is 2.45 bits per heavy atom. The normalized spacial score (nSPS) is 10.3. The van der Waals surface area contributed by atoms with Gasteiger partial charge in [-0.3, -0.25) is 0 Å². The third-order valence-electron chi connectivity index (χ3n) is 3.09. The fourth-order valence-electron chi connectivity index (χ4n) is 2.07. The molecule has 2 nitrogen and oxygen atoms in total. The molecule has 0 heterocycles. The van der Waals surface area contributed by atoms with E-state index in [0.717, 1.165) is 9.79 Å². The Kier molecular flexibility index (Phi) is 3.32. The van der Waals surface area contributed by atoms with Crippen molar-refractivity contribution < 1.29 is 0 Å². The Labute approximate surface area is 121 Å². The van der Waals surface area contributed by atoms with Crippen LogP contribution in [0.5, 0.6) is 0 Å². The smallest absolute Gasteiger partial charge is 0.0992 e. The van der Waals surface area contributed by atoms with Crippen molar-refractivity contribution >= 4 is 28.2 Å². The number of nitrogens with two attached hydrogens (primary N) is 1. The minimum atomic E-state index is 0.588. The first-order chi connectivity index (χ1) is 9.76. The molecule has 0 aliphatic carbocycles. The van der Waals surface area contributed by atoms with Crippen LogP contribution in [0.25, 0.3) is 10.8 Å². The fourth-order valence-corrected chi connectivity index (χ4v) is 2.96. The molecule has 0 saturated carbocycles. The zero-order chi connectivity index (χ0) is 13.9. The van der Waals surface area contributed by atoms with Crippen molar-refractivity contribution in [2.75, 3.05) is 5.73 Å². The fraction of sp³-hybridized carbons (Fsp3) is 0. The predicted molar refractivity (Wildman–Crippen MR) is 83.6 cm³/mol. The molecule has 0 unspecified atom stereocenters. The average Bonchev–Trinajstić information content (AvgIpc) is 2.49. The highest BCUT2D eigenvalue weighted by molar-refractivity contribution is 7.99. The summed E-state index contributed by atoms with van der Waals surface area (Å²) in [6.07, 6.45) is 0. The molecule has 0 aromatic heterocycles. The summed E-state index contributed by atoms with van der Waals surface area (Å²) in [4.78, 5) is 2.11. The lowest BCUT2D eigenvalue weighted by Gasteiger charge is -2.07. The molecular weight excluding hydrogens is 264 g/mol. The van der Waals surface area contributed by atoms with Gasteiger partial charge < -0.3 is 5.73 Å². The van der Waals surface area contributed by atoms with E-state index in [4.69, 9.17) is 11.0 Å². The van der Waals surface area contributed by atoms with Crippen molar-refractivity contribution in [2.24, 2.45) is 0 Å². The lowest BCUT2D eigenvalue weighted by atomic mass is 10.1. The van der Waals surface area contributed by atoms with Gasteiger partial charge in [0, 0.05) is 15.5 Å². The van der Waals surface area contributed by atoms with Crippen molar-refractivity contribution in [3.8, 4) is 6.07 Å². The molecule has 0 aliphatic heterocycles. The van der Waals surface area contributed by atoms with Crippen LogP contribution in [0.2, 0.25) is 0 Å². The summed E-state index contributed by atoms with van der Waals surface area (Å²) in [5, 5.41) is 11.3. The summed E-state index contributed by atoms with van der Waals surface area (Å²) in [6.45, 7) is 0. The third-order valence-corrected chi connectivity index (χ3v) is 4.17. The lowest BCUT2D eigenvalue weighted by molar-refractivity contribution is 1.40. The number of fused-ring (bicyclic) bond motifs is 1. The van der Waals surface area contributed by atoms with Crippen molar-refractivity contribution in [3.05, 3.63) is 66.2 Å². The van der Waals surface area contributed by atoms with Gasteiger partial charge in [-0.2, -0.15) is 5.26 Å². The lowest BCUT2D eigenvalue weighted by Crippen LogP contribution is -1.89. The number of benzene rings is 3. The molecule has 20 heavy (non-hydrogen) atoms. The Balaban J connectivity index is 1.95. The molecule has 0 saturated heterocycles. The quantitative estimate of drug-likeness (QED) is 0.704. The second kappa shape index (κ2) is 5.28.